The largest absolute Gasteiger partial charge is 0.115 e. The summed E-state index contributed by atoms with van der Waals surface area (Å²) >= 11 is 0. The molecule has 0 unspecified atom stereocenters. The van der Waals surface area contributed by atoms with Crippen LogP contribution in [-0.4, -0.2) is 0 Å². The Labute approximate surface area is 155 Å². The molecule has 0 heteroatoms. The topological polar surface area (TPSA) is 0 Å². The van der Waals surface area contributed by atoms with Crippen LogP contribution in [0.5, 0.6) is 0 Å². The van der Waals surface area contributed by atoms with Gasteiger partial charge in [-0.05, 0) is 48.1 Å². The standard InChI is InChI=1S/C15H20.C9H8.CH4/c1-12(2)14-8-6-13(7-9-14)10-11-15(3,4)5;1-3-9-6-4-5-8(2)7-9;/h6-11H,1H2,2-5H3;1,4-7H,2H3;1H4/b11-10+;;. The van der Waals surface area contributed by atoms with Crippen LogP contribution in [-0.2, 0) is 0 Å². The third kappa shape index (κ3) is 9.38. The normalized spacial score (nSPS) is 10.2. The summed E-state index contributed by atoms with van der Waals surface area (Å²) in [5, 5.41) is 0. The Morgan fingerprint density at radius 2 is 1.68 bits per heavy atom. The van der Waals surface area contributed by atoms with Crippen molar-refractivity contribution in [2.24, 2.45) is 5.41 Å². The van der Waals surface area contributed by atoms with E-state index in [0.717, 1.165) is 11.1 Å². The average molecular weight is 333 g/mol. The maximum absolute atomic E-state index is 5.17. The van der Waals surface area contributed by atoms with Crippen LogP contribution in [0.4, 0.5) is 0 Å². The first-order valence-corrected chi connectivity index (χ1v) is 8.20. The number of terminal acetylenes is 1. The molecule has 25 heavy (non-hydrogen) atoms. The van der Waals surface area contributed by atoms with E-state index in [2.05, 4.69) is 69.7 Å². The molecule has 0 N–H and O–H groups in total. The first kappa shape index (κ1) is 22.5. The Bertz CT molecular complexity index is 729. The molecule has 0 nitrogen and oxygen atoms in total. The first-order chi connectivity index (χ1) is 11.2. The SMILES string of the molecule is C.C#Cc1cccc(C)c1.C=C(C)c1ccc(/C=C/C(C)(C)C)cc1. The van der Waals surface area contributed by atoms with Crippen LogP contribution in [0.3, 0.4) is 0 Å². The lowest BCUT2D eigenvalue weighted by molar-refractivity contribution is 0.547. The summed E-state index contributed by atoms with van der Waals surface area (Å²) in [6.07, 6.45) is 9.56. The Kier molecular flexibility index (Phi) is 9.32. The van der Waals surface area contributed by atoms with Crippen molar-refractivity contribution in [2.45, 2.75) is 42.0 Å². The van der Waals surface area contributed by atoms with Gasteiger partial charge >= 0.3 is 0 Å². The number of aryl methyl sites for hydroxylation is 1. The molecule has 0 atom stereocenters. The molecule has 0 fully saturated rings. The molecule has 2 aromatic carbocycles. The van der Waals surface area contributed by atoms with Crippen LogP contribution in [0.15, 0.2) is 61.2 Å². The number of allylic oxidation sites excluding steroid dienone is 2. The van der Waals surface area contributed by atoms with Crippen LogP contribution < -0.4 is 0 Å². The Hall–Kier alpha value is -2.52. The van der Waals surface area contributed by atoms with E-state index in [-0.39, 0.29) is 12.8 Å². The third-order valence-corrected chi connectivity index (χ3v) is 3.36. The van der Waals surface area contributed by atoms with E-state index >= 15 is 0 Å². The molecular formula is C25H32. The smallest absolute Gasteiger partial charge is 0.0245 e. The van der Waals surface area contributed by atoms with E-state index in [9.17, 15) is 0 Å². The lowest BCUT2D eigenvalue weighted by Crippen LogP contribution is -1.97. The van der Waals surface area contributed by atoms with Gasteiger partial charge in [-0.15, -0.1) is 6.42 Å². The van der Waals surface area contributed by atoms with E-state index in [4.69, 9.17) is 6.42 Å². The summed E-state index contributed by atoms with van der Waals surface area (Å²) in [5.41, 5.74) is 5.98. The minimum atomic E-state index is 0. The van der Waals surface area contributed by atoms with Crippen LogP contribution in [0.2, 0.25) is 0 Å². The predicted octanol–water partition coefficient (Wildman–Crippen LogP) is 7.39. The zero-order valence-electron chi connectivity index (χ0n) is 15.6. The molecule has 0 spiro atoms. The number of rotatable bonds is 2. The molecule has 0 aliphatic heterocycles. The molecule has 0 bridgehead atoms. The van der Waals surface area contributed by atoms with Gasteiger partial charge in [0.15, 0.2) is 0 Å². The van der Waals surface area contributed by atoms with E-state index in [1.807, 2.05) is 38.1 Å². The van der Waals surface area contributed by atoms with Crippen molar-refractivity contribution in [3.63, 3.8) is 0 Å². The van der Waals surface area contributed by atoms with E-state index in [1.54, 1.807) is 0 Å². The second-order valence-electron chi connectivity index (χ2n) is 7.12. The van der Waals surface area contributed by atoms with Crippen molar-refractivity contribution >= 4 is 11.6 Å². The maximum atomic E-state index is 5.17. The van der Waals surface area contributed by atoms with Crippen molar-refractivity contribution in [1.82, 2.24) is 0 Å². The molecule has 2 aromatic rings. The molecule has 2 rings (SSSR count). The summed E-state index contributed by atoms with van der Waals surface area (Å²) in [7, 11) is 0. The van der Waals surface area contributed by atoms with E-state index in [1.165, 1.54) is 16.7 Å². The lowest BCUT2D eigenvalue weighted by atomic mass is 9.95. The highest BCUT2D eigenvalue weighted by Gasteiger charge is 2.03. The van der Waals surface area contributed by atoms with Gasteiger partial charge in [-0.25, -0.2) is 0 Å². The predicted molar refractivity (Wildman–Crippen MR) is 115 cm³/mol. The van der Waals surface area contributed by atoms with Crippen molar-refractivity contribution in [2.75, 3.05) is 0 Å². The Balaban J connectivity index is 0.000000495. The van der Waals surface area contributed by atoms with Crippen molar-refractivity contribution in [3.05, 3.63) is 83.4 Å². The summed E-state index contributed by atoms with van der Waals surface area (Å²) in [6, 6.07) is 16.4. The molecule has 0 saturated heterocycles. The molecule has 132 valence electrons. The van der Waals surface area contributed by atoms with Crippen LogP contribution in [0, 0.1) is 24.7 Å². The van der Waals surface area contributed by atoms with Crippen LogP contribution >= 0.6 is 0 Å². The van der Waals surface area contributed by atoms with Crippen molar-refractivity contribution < 1.29 is 0 Å². The van der Waals surface area contributed by atoms with Gasteiger partial charge in [0.1, 0.15) is 0 Å². The molecule has 0 saturated carbocycles. The van der Waals surface area contributed by atoms with E-state index in [0.29, 0.717) is 0 Å². The molecular weight excluding hydrogens is 300 g/mol. The van der Waals surface area contributed by atoms with Gasteiger partial charge in [0.25, 0.3) is 0 Å². The molecule has 0 aliphatic rings. The van der Waals surface area contributed by atoms with Gasteiger partial charge in [0.2, 0.25) is 0 Å². The number of hydrogen-bond donors (Lipinski definition) is 0. The second kappa shape index (κ2) is 10.4. The molecule has 0 amide bonds. The molecule has 0 radical (unpaired) electrons. The fourth-order valence-corrected chi connectivity index (χ4v) is 1.96. The van der Waals surface area contributed by atoms with Gasteiger partial charge in [0, 0.05) is 5.56 Å². The van der Waals surface area contributed by atoms with Gasteiger partial charge in [0.05, 0.1) is 0 Å². The fraction of sp³-hybridized carbons (Fsp3) is 0.280. The first-order valence-electron chi connectivity index (χ1n) is 8.20. The third-order valence-electron chi connectivity index (χ3n) is 3.36. The molecule has 0 aromatic heterocycles. The Morgan fingerprint density at radius 3 is 2.08 bits per heavy atom. The van der Waals surface area contributed by atoms with Gasteiger partial charge in [-0.3, -0.25) is 0 Å². The minimum absolute atomic E-state index is 0. The molecule has 0 aliphatic carbocycles. The van der Waals surface area contributed by atoms with Crippen LogP contribution in [0.25, 0.3) is 11.6 Å². The second-order valence-corrected chi connectivity index (χ2v) is 7.12. The zero-order valence-corrected chi connectivity index (χ0v) is 15.6. The van der Waals surface area contributed by atoms with Crippen LogP contribution in [0.1, 0.15) is 57.4 Å². The van der Waals surface area contributed by atoms with E-state index < -0.39 is 0 Å². The zero-order chi connectivity index (χ0) is 18.2. The van der Waals surface area contributed by atoms with Gasteiger partial charge in [-0.2, -0.15) is 0 Å². The number of benzene rings is 2. The summed E-state index contributed by atoms with van der Waals surface area (Å²) in [6.45, 7) is 14.6. The Morgan fingerprint density at radius 1 is 1.08 bits per heavy atom. The van der Waals surface area contributed by atoms with Crippen molar-refractivity contribution in [1.29, 1.82) is 0 Å². The van der Waals surface area contributed by atoms with Crippen molar-refractivity contribution in [3.8, 4) is 12.3 Å². The summed E-state index contributed by atoms with van der Waals surface area (Å²) in [4.78, 5) is 0. The highest BCUT2D eigenvalue weighted by Crippen LogP contribution is 2.18. The quantitative estimate of drug-likeness (QED) is 0.503. The highest BCUT2D eigenvalue weighted by molar-refractivity contribution is 5.63. The maximum Gasteiger partial charge on any atom is 0.0245 e. The summed E-state index contributed by atoms with van der Waals surface area (Å²) < 4.78 is 0. The molecule has 0 heterocycles. The summed E-state index contributed by atoms with van der Waals surface area (Å²) in [5.74, 6) is 2.57. The average Bonchev–Trinajstić information content (AvgIpc) is 2.53. The highest BCUT2D eigenvalue weighted by atomic mass is 14.1. The van der Waals surface area contributed by atoms with Gasteiger partial charge < -0.3 is 0 Å². The van der Waals surface area contributed by atoms with Gasteiger partial charge in [-0.1, -0.05) is 94.8 Å². The minimum Gasteiger partial charge on any atom is -0.115 e. The fourth-order valence-electron chi connectivity index (χ4n) is 1.96. The lowest BCUT2D eigenvalue weighted by Gasteiger charge is -2.11. The number of hydrogen-bond acceptors (Lipinski definition) is 0. The monoisotopic (exact) mass is 332 g/mol.